The van der Waals surface area contributed by atoms with Crippen molar-refractivity contribution in [3.8, 4) is 11.5 Å². The molecule has 0 aliphatic carbocycles. The van der Waals surface area contributed by atoms with Gasteiger partial charge in [0.05, 0.1) is 17.7 Å². The largest absolute Gasteiger partial charge is 0.504 e. The Hall–Kier alpha value is -2.44. The zero-order valence-corrected chi connectivity index (χ0v) is 14.1. The molecule has 0 saturated carbocycles. The maximum absolute atomic E-state index is 12.5. The smallest absolute Gasteiger partial charge is 0.298 e. The molecule has 1 aliphatic rings. The number of thioether (sulfide) groups is 1. The number of halogens is 1. The van der Waals surface area contributed by atoms with E-state index in [1.165, 1.54) is 13.2 Å². The molecule has 1 N–H and O–H groups in total. The molecule has 0 unspecified atom stereocenters. The lowest BCUT2D eigenvalue weighted by Crippen LogP contribution is -2.27. The molecule has 0 atom stereocenters. The van der Waals surface area contributed by atoms with Gasteiger partial charge in [0.25, 0.3) is 11.1 Å². The van der Waals surface area contributed by atoms with Gasteiger partial charge in [-0.05, 0) is 59.8 Å². The van der Waals surface area contributed by atoms with Crippen molar-refractivity contribution in [2.75, 3.05) is 12.0 Å². The highest BCUT2D eigenvalue weighted by Gasteiger charge is 2.36. The highest BCUT2D eigenvalue weighted by atomic mass is 35.5. The summed E-state index contributed by atoms with van der Waals surface area (Å²) in [4.78, 5) is 26.1. The van der Waals surface area contributed by atoms with Gasteiger partial charge in [0, 0.05) is 5.02 Å². The van der Waals surface area contributed by atoms with Crippen molar-refractivity contribution >= 4 is 46.3 Å². The molecule has 5 nitrogen and oxygen atoms in total. The first-order chi connectivity index (χ1) is 11.5. The highest BCUT2D eigenvalue weighted by molar-refractivity contribution is 8.19. The lowest BCUT2D eigenvalue weighted by molar-refractivity contribution is -0.113. The van der Waals surface area contributed by atoms with E-state index in [9.17, 15) is 14.7 Å². The molecule has 1 heterocycles. The van der Waals surface area contributed by atoms with E-state index in [0.717, 1.165) is 16.7 Å². The Morgan fingerprint density at radius 2 is 1.88 bits per heavy atom. The van der Waals surface area contributed by atoms with Crippen LogP contribution >= 0.6 is 23.4 Å². The molecular weight excluding hydrogens is 350 g/mol. The number of phenolic OH excluding ortho intramolecular Hbond substituents is 1. The summed E-state index contributed by atoms with van der Waals surface area (Å²) in [6, 6.07) is 11.2. The average molecular weight is 362 g/mol. The van der Waals surface area contributed by atoms with Crippen LogP contribution in [0.4, 0.5) is 10.5 Å². The van der Waals surface area contributed by atoms with Crippen LogP contribution in [0.15, 0.2) is 47.4 Å². The van der Waals surface area contributed by atoms with Crippen molar-refractivity contribution in [2.45, 2.75) is 0 Å². The van der Waals surface area contributed by atoms with Gasteiger partial charge in [-0.25, -0.2) is 4.90 Å². The minimum Gasteiger partial charge on any atom is -0.504 e. The number of hydrogen-bond acceptors (Lipinski definition) is 5. The number of aromatic hydroxyl groups is 1. The monoisotopic (exact) mass is 361 g/mol. The molecule has 2 amide bonds. The second-order valence-electron chi connectivity index (χ2n) is 4.92. The van der Waals surface area contributed by atoms with Crippen LogP contribution in [0.25, 0.3) is 6.08 Å². The first-order valence-electron chi connectivity index (χ1n) is 6.90. The van der Waals surface area contributed by atoms with Crippen molar-refractivity contribution < 1.29 is 19.4 Å². The summed E-state index contributed by atoms with van der Waals surface area (Å²) >= 11 is 6.69. The SMILES string of the molecule is COc1cc(/C=C2\SC(=O)N(c3ccc(Cl)cc3)C2=O)ccc1O. The summed E-state index contributed by atoms with van der Waals surface area (Å²) in [5, 5.41) is 9.76. The molecule has 1 aliphatic heterocycles. The van der Waals surface area contributed by atoms with Crippen LogP contribution in [0, 0.1) is 0 Å². The molecule has 0 spiro atoms. The van der Waals surface area contributed by atoms with Crippen LogP contribution in [0.1, 0.15) is 5.56 Å². The van der Waals surface area contributed by atoms with Crippen molar-refractivity contribution in [1.29, 1.82) is 0 Å². The molecule has 3 rings (SSSR count). The van der Waals surface area contributed by atoms with E-state index in [1.54, 1.807) is 42.5 Å². The van der Waals surface area contributed by atoms with E-state index >= 15 is 0 Å². The number of carbonyl (C=O) groups is 2. The zero-order chi connectivity index (χ0) is 17.3. The van der Waals surface area contributed by atoms with Gasteiger partial charge in [0.2, 0.25) is 0 Å². The molecule has 0 aromatic heterocycles. The third-order valence-corrected chi connectivity index (χ3v) is 4.50. The minimum absolute atomic E-state index is 0.00363. The molecule has 122 valence electrons. The van der Waals surface area contributed by atoms with Crippen LogP contribution in [-0.4, -0.2) is 23.4 Å². The average Bonchev–Trinajstić information content (AvgIpc) is 2.84. The highest BCUT2D eigenvalue weighted by Crippen LogP contribution is 2.37. The minimum atomic E-state index is -0.403. The molecular formula is C17H12ClNO4S. The van der Waals surface area contributed by atoms with Crippen LogP contribution in [0.3, 0.4) is 0 Å². The van der Waals surface area contributed by atoms with Crippen LogP contribution in [0.2, 0.25) is 5.02 Å². The summed E-state index contributed by atoms with van der Waals surface area (Å²) < 4.78 is 5.04. The maximum atomic E-state index is 12.5. The second kappa shape index (κ2) is 6.59. The standard InChI is InChI=1S/C17H12ClNO4S/c1-23-14-8-10(2-7-13(14)20)9-15-16(21)19(17(22)24-15)12-5-3-11(18)4-6-12/h2-9,20H,1H3/b15-9-. The number of ether oxygens (including phenoxy) is 1. The number of anilines is 1. The Morgan fingerprint density at radius 3 is 2.54 bits per heavy atom. The number of phenols is 1. The third-order valence-electron chi connectivity index (χ3n) is 3.38. The Kier molecular flexibility index (Phi) is 4.51. The number of carbonyl (C=O) groups excluding carboxylic acids is 2. The molecule has 2 aromatic rings. The van der Waals surface area contributed by atoms with Gasteiger partial charge < -0.3 is 9.84 Å². The first-order valence-corrected chi connectivity index (χ1v) is 8.09. The van der Waals surface area contributed by atoms with Gasteiger partial charge in [-0.2, -0.15) is 0 Å². The van der Waals surface area contributed by atoms with E-state index < -0.39 is 5.91 Å². The van der Waals surface area contributed by atoms with Crippen molar-refractivity contribution in [2.24, 2.45) is 0 Å². The Balaban J connectivity index is 1.92. The second-order valence-corrected chi connectivity index (χ2v) is 6.35. The summed E-state index contributed by atoms with van der Waals surface area (Å²) in [5.74, 6) is -0.107. The van der Waals surface area contributed by atoms with Crippen LogP contribution in [-0.2, 0) is 4.79 Å². The Bertz CT molecular complexity index is 848. The fraction of sp³-hybridized carbons (Fsp3) is 0.0588. The number of amides is 2. The summed E-state index contributed by atoms with van der Waals surface area (Å²) in [6.07, 6.45) is 1.59. The van der Waals surface area contributed by atoms with Gasteiger partial charge >= 0.3 is 0 Å². The van der Waals surface area contributed by atoms with E-state index in [-0.39, 0.29) is 11.0 Å². The van der Waals surface area contributed by atoms with E-state index in [1.807, 2.05) is 0 Å². The molecule has 24 heavy (non-hydrogen) atoms. The number of imide groups is 1. The lowest BCUT2D eigenvalue weighted by Gasteiger charge is -2.12. The van der Waals surface area contributed by atoms with E-state index in [4.69, 9.17) is 16.3 Å². The predicted molar refractivity (Wildman–Crippen MR) is 94.6 cm³/mol. The van der Waals surface area contributed by atoms with Gasteiger partial charge in [0.15, 0.2) is 11.5 Å². The lowest BCUT2D eigenvalue weighted by atomic mass is 10.2. The normalized spacial score (nSPS) is 16.1. The Labute approximate surface area is 147 Å². The number of benzene rings is 2. The quantitative estimate of drug-likeness (QED) is 0.826. The van der Waals surface area contributed by atoms with Gasteiger partial charge in [-0.1, -0.05) is 17.7 Å². The summed E-state index contributed by atoms with van der Waals surface area (Å²) in [7, 11) is 1.44. The summed E-state index contributed by atoms with van der Waals surface area (Å²) in [6.45, 7) is 0. The fourth-order valence-corrected chi connectivity index (χ4v) is 3.18. The molecule has 2 aromatic carbocycles. The number of rotatable bonds is 3. The molecule has 0 bridgehead atoms. The molecule has 1 fully saturated rings. The van der Waals surface area contributed by atoms with Crippen LogP contribution < -0.4 is 9.64 Å². The molecule has 7 heteroatoms. The Morgan fingerprint density at radius 1 is 1.17 bits per heavy atom. The van der Waals surface area contributed by atoms with Gasteiger partial charge in [-0.15, -0.1) is 0 Å². The van der Waals surface area contributed by atoms with E-state index in [2.05, 4.69) is 0 Å². The molecule has 1 saturated heterocycles. The van der Waals surface area contributed by atoms with Crippen LogP contribution in [0.5, 0.6) is 11.5 Å². The van der Waals surface area contributed by atoms with Crippen molar-refractivity contribution in [3.05, 3.63) is 58.0 Å². The molecule has 0 radical (unpaired) electrons. The number of methoxy groups -OCH3 is 1. The summed E-state index contributed by atoms with van der Waals surface area (Å²) in [5.41, 5.74) is 1.11. The van der Waals surface area contributed by atoms with Gasteiger partial charge in [-0.3, -0.25) is 9.59 Å². The zero-order valence-electron chi connectivity index (χ0n) is 12.5. The van der Waals surface area contributed by atoms with E-state index in [0.29, 0.717) is 26.9 Å². The maximum Gasteiger partial charge on any atom is 0.298 e. The first kappa shape index (κ1) is 16.4. The van der Waals surface area contributed by atoms with Crippen molar-refractivity contribution in [3.63, 3.8) is 0 Å². The van der Waals surface area contributed by atoms with Crippen molar-refractivity contribution in [1.82, 2.24) is 0 Å². The number of nitrogens with zero attached hydrogens (tertiary/aromatic N) is 1. The third kappa shape index (κ3) is 3.11. The topological polar surface area (TPSA) is 66.8 Å². The fourth-order valence-electron chi connectivity index (χ4n) is 2.22. The number of hydrogen-bond donors (Lipinski definition) is 1. The van der Waals surface area contributed by atoms with Gasteiger partial charge in [0.1, 0.15) is 0 Å². The predicted octanol–water partition coefficient (Wildman–Crippen LogP) is 4.30.